The molecule has 0 bridgehead atoms. The number of hydrogen-bond acceptors (Lipinski definition) is 1. The standard InChI is InChI=1S/C8H5BrF4O/c9-3-4-1-2-5(8(12,13)14)7(11)6(4)10/h1-2,14H,3H2. The molecule has 0 saturated carbocycles. The normalized spacial score (nSPS) is 11.9. The van der Waals surface area contributed by atoms with Gasteiger partial charge in [-0.1, -0.05) is 22.0 Å². The molecule has 0 amide bonds. The Hall–Kier alpha value is -0.620. The Labute approximate surface area is 85.5 Å². The van der Waals surface area contributed by atoms with E-state index in [1.54, 1.807) is 0 Å². The Kier molecular flexibility index (Phi) is 3.16. The smallest absolute Gasteiger partial charge is 0.332 e. The third kappa shape index (κ3) is 2.06. The van der Waals surface area contributed by atoms with Crippen molar-refractivity contribution in [1.29, 1.82) is 0 Å². The minimum absolute atomic E-state index is 0.00698. The molecule has 1 nitrogen and oxygen atoms in total. The number of hydrogen-bond donors (Lipinski definition) is 1. The zero-order chi connectivity index (χ0) is 10.9. The van der Waals surface area contributed by atoms with Crippen molar-refractivity contribution in [3.8, 4) is 0 Å². The van der Waals surface area contributed by atoms with E-state index in [-0.39, 0.29) is 10.9 Å². The number of alkyl halides is 3. The topological polar surface area (TPSA) is 20.2 Å². The highest BCUT2D eigenvalue weighted by atomic mass is 79.9. The fraction of sp³-hybridized carbons (Fsp3) is 0.250. The van der Waals surface area contributed by atoms with Crippen molar-refractivity contribution < 1.29 is 22.7 Å². The molecule has 78 valence electrons. The first-order valence-corrected chi connectivity index (χ1v) is 4.63. The van der Waals surface area contributed by atoms with Crippen LogP contribution in [0.1, 0.15) is 11.1 Å². The molecule has 0 atom stereocenters. The van der Waals surface area contributed by atoms with Crippen LogP contribution in [0.15, 0.2) is 12.1 Å². The molecule has 14 heavy (non-hydrogen) atoms. The van der Waals surface area contributed by atoms with Crippen LogP contribution < -0.4 is 0 Å². The van der Waals surface area contributed by atoms with Crippen LogP contribution in [0, 0.1) is 11.6 Å². The van der Waals surface area contributed by atoms with E-state index < -0.39 is 23.3 Å². The van der Waals surface area contributed by atoms with Crippen molar-refractivity contribution >= 4 is 15.9 Å². The monoisotopic (exact) mass is 272 g/mol. The van der Waals surface area contributed by atoms with E-state index in [2.05, 4.69) is 15.9 Å². The minimum Gasteiger partial charge on any atom is -0.332 e. The maximum Gasteiger partial charge on any atom is 0.383 e. The summed E-state index contributed by atoms with van der Waals surface area (Å²) >= 11 is 2.86. The van der Waals surface area contributed by atoms with Crippen molar-refractivity contribution in [2.75, 3.05) is 0 Å². The first-order valence-electron chi connectivity index (χ1n) is 3.51. The van der Waals surface area contributed by atoms with Gasteiger partial charge < -0.3 is 5.11 Å². The summed E-state index contributed by atoms with van der Waals surface area (Å²) in [7, 11) is 0. The predicted molar refractivity (Wildman–Crippen MR) is 45.1 cm³/mol. The second-order valence-corrected chi connectivity index (χ2v) is 3.14. The molecule has 0 aliphatic carbocycles. The fourth-order valence-electron chi connectivity index (χ4n) is 0.925. The molecule has 1 aromatic rings. The van der Waals surface area contributed by atoms with E-state index in [4.69, 9.17) is 5.11 Å². The first-order chi connectivity index (χ1) is 6.38. The third-order valence-corrected chi connectivity index (χ3v) is 2.23. The van der Waals surface area contributed by atoms with E-state index >= 15 is 0 Å². The predicted octanol–water partition coefficient (Wildman–Crippen LogP) is 2.90. The SMILES string of the molecule is OC(F)(F)c1ccc(CBr)c(F)c1F. The number of benzene rings is 1. The quantitative estimate of drug-likeness (QED) is 0.649. The molecule has 0 spiro atoms. The van der Waals surface area contributed by atoms with Crippen LogP contribution in [0.3, 0.4) is 0 Å². The van der Waals surface area contributed by atoms with Gasteiger partial charge in [-0.3, -0.25) is 0 Å². The van der Waals surface area contributed by atoms with Gasteiger partial charge in [0.2, 0.25) is 0 Å². The highest BCUT2D eigenvalue weighted by molar-refractivity contribution is 9.08. The lowest BCUT2D eigenvalue weighted by atomic mass is 10.1. The van der Waals surface area contributed by atoms with Crippen LogP contribution in [0.4, 0.5) is 17.6 Å². The zero-order valence-electron chi connectivity index (χ0n) is 6.70. The Morgan fingerprint density at radius 3 is 2.21 bits per heavy atom. The third-order valence-electron chi connectivity index (χ3n) is 1.63. The average molecular weight is 273 g/mol. The Balaban J connectivity index is 3.31. The van der Waals surface area contributed by atoms with Gasteiger partial charge in [0.15, 0.2) is 11.6 Å². The molecule has 0 fully saturated rings. The number of halogens is 5. The highest BCUT2D eigenvalue weighted by Gasteiger charge is 2.33. The zero-order valence-corrected chi connectivity index (χ0v) is 8.28. The Bertz CT molecular complexity index is 348. The van der Waals surface area contributed by atoms with Crippen molar-refractivity contribution in [2.45, 2.75) is 11.4 Å². The second-order valence-electron chi connectivity index (χ2n) is 2.58. The summed E-state index contributed by atoms with van der Waals surface area (Å²) in [5.41, 5.74) is -1.45. The van der Waals surface area contributed by atoms with E-state index in [0.29, 0.717) is 6.07 Å². The minimum atomic E-state index is -4.37. The first kappa shape index (κ1) is 11.5. The lowest BCUT2D eigenvalue weighted by Crippen LogP contribution is -2.15. The fourth-order valence-corrected chi connectivity index (χ4v) is 1.36. The van der Waals surface area contributed by atoms with E-state index in [0.717, 1.165) is 6.07 Å². The highest BCUT2D eigenvalue weighted by Crippen LogP contribution is 2.29. The molecule has 6 heteroatoms. The van der Waals surface area contributed by atoms with Gasteiger partial charge in [-0.05, 0) is 6.07 Å². The van der Waals surface area contributed by atoms with E-state index in [9.17, 15) is 17.6 Å². The molecule has 0 unspecified atom stereocenters. The van der Waals surface area contributed by atoms with Crippen molar-refractivity contribution in [2.24, 2.45) is 0 Å². The van der Waals surface area contributed by atoms with Crippen LogP contribution in [0.2, 0.25) is 0 Å². The molecular formula is C8H5BrF4O. The summed E-state index contributed by atoms with van der Waals surface area (Å²) in [6, 6.07) is 1.63. The van der Waals surface area contributed by atoms with E-state index in [1.165, 1.54) is 0 Å². The van der Waals surface area contributed by atoms with Gasteiger partial charge in [-0.25, -0.2) is 8.78 Å². The number of rotatable bonds is 2. The summed E-state index contributed by atoms with van der Waals surface area (Å²) < 4.78 is 50.4. The van der Waals surface area contributed by atoms with Gasteiger partial charge in [-0.15, -0.1) is 0 Å². The molecule has 1 aromatic carbocycles. The number of aliphatic hydroxyl groups is 1. The van der Waals surface area contributed by atoms with Gasteiger partial charge in [0.1, 0.15) is 0 Å². The maximum atomic E-state index is 12.9. The maximum absolute atomic E-state index is 12.9. The van der Waals surface area contributed by atoms with Gasteiger partial charge in [0, 0.05) is 10.9 Å². The largest absolute Gasteiger partial charge is 0.383 e. The van der Waals surface area contributed by atoms with Crippen LogP contribution in [0.25, 0.3) is 0 Å². The molecule has 0 aliphatic heterocycles. The van der Waals surface area contributed by atoms with E-state index in [1.807, 2.05) is 0 Å². The summed E-state index contributed by atoms with van der Waals surface area (Å²) in [6.07, 6.45) is -4.37. The molecule has 0 aliphatic rings. The van der Waals surface area contributed by atoms with Gasteiger partial charge in [0.25, 0.3) is 0 Å². The lowest BCUT2D eigenvalue weighted by Gasteiger charge is -2.11. The summed E-state index contributed by atoms with van der Waals surface area (Å²) in [5, 5.41) is 8.21. The Morgan fingerprint density at radius 2 is 1.79 bits per heavy atom. The lowest BCUT2D eigenvalue weighted by molar-refractivity contribution is -0.210. The van der Waals surface area contributed by atoms with Gasteiger partial charge in [-0.2, -0.15) is 8.78 Å². The van der Waals surface area contributed by atoms with Gasteiger partial charge in [0.05, 0.1) is 5.56 Å². The van der Waals surface area contributed by atoms with Gasteiger partial charge >= 0.3 is 6.11 Å². The second kappa shape index (κ2) is 3.86. The van der Waals surface area contributed by atoms with Crippen LogP contribution >= 0.6 is 15.9 Å². The summed E-state index contributed by atoms with van der Waals surface area (Å²) in [5.74, 6) is -3.11. The van der Waals surface area contributed by atoms with Crippen molar-refractivity contribution in [1.82, 2.24) is 0 Å². The molecule has 1 N–H and O–H groups in total. The van der Waals surface area contributed by atoms with Crippen LogP contribution in [-0.4, -0.2) is 5.11 Å². The Morgan fingerprint density at radius 1 is 1.21 bits per heavy atom. The summed E-state index contributed by atoms with van der Waals surface area (Å²) in [4.78, 5) is 0. The molecule has 1 rings (SSSR count). The van der Waals surface area contributed by atoms with Crippen molar-refractivity contribution in [3.63, 3.8) is 0 Å². The molecule has 0 saturated heterocycles. The average Bonchev–Trinajstić information content (AvgIpc) is 2.07. The van der Waals surface area contributed by atoms with Crippen molar-refractivity contribution in [3.05, 3.63) is 34.9 Å². The van der Waals surface area contributed by atoms with Crippen LogP contribution in [0.5, 0.6) is 0 Å². The molecule has 0 aromatic heterocycles. The van der Waals surface area contributed by atoms with Crippen LogP contribution in [-0.2, 0) is 11.4 Å². The molecular weight excluding hydrogens is 268 g/mol. The summed E-state index contributed by atoms with van der Waals surface area (Å²) in [6.45, 7) is 0. The molecule has 0 radical (unpaired) electrons. The molecule has 0 heterocycles.